The molecule has 0 radical (unpaired) electrons. The summed E-state index contributed by atoms with van der Waals surface area (Å²) in [4.78, 5) is 0.219. The van der Waals surface area contributed by atoms with Crippen LogP contribution < -0.4 is 4.72 Å². The van der Waals surface area contributed by atoms with Crippen LogP contribution in [0.5, 0.6) is 0 Å². The van der Waals surface area contributed by atoms with E-state index in [9.17, 15) is 8.42 Å². The first kappa shape index (κ1) is 14.1. The van der Waals surface area contributed by atoms with Crippen LogP contribution in [0.25, 0.3) is 10.9 Å². The smallest absolute Gasteiger partial charge is 0.261 e. The molecule has 0 bridgehead atoms. The molecule has 0 amide bonds. The van der Waals surface area contributed by atoms with Gasteiger partial charge in [0.2, 0.25) is 0 Å². The number of rotatable bonds is 3. The SMILES string of the molecule is Cn1ncc2cc(NS(=O)(=O)c3ccc(Br)cc3)ccc21. The molecule has 0 saturated heterocycles. The van der Waals surface area contributed by atoms with Crippen LogP contribution in [0, 0.1) is 0 Å². The Labute approximate surface area is 130 Å². The van der Waals surface area contributed by atoms with Crippen molar-refractivity contribution in [1.82, 2.24) is 9.78 Å². The maximum Gasteiger partial charge on any atom is 0.261 e. The Balaban J connectivity index is 1.95. The van der Waals surface area contributed by atoms with Gasteiger partial charge in [0.15, 0.2) is 0 Å². The van der Waals surface area contributed by atoms with E-state index in [1.807, 2.05) is 13.1 Å². The van der Waals surface area contributed by atoms with Gasteiger partial charge in [0.1, 0.15) is 0 Å². The minimum absolute atomic E-state index is 0.219. The van der Waals surface area contributed by atoms with Crippen molar-refractivity contribution in [3.8, 4) is 0 Å². The van der Waals surface area contributed by atoms with Gasteiger partial charge in [-0.25, -0.2) is 8.42 Å². The largest absolute Gasteiger partial charge is 0.280 e. The summed E-state index contributed by atoms with van der Waals surface area (Å²) in [7, 11) is -1.75. The maximum atomic E-state index is 12.3. The molecule has 0 aliphatic carbocycles. The van der Waals surface area contributed by atoms with E-state index in [4.69, 9.17) is 0 Å². The molecule has 1 N–H and O–H groups in total. The van der Waals surface area contributed by atoms with E-state index >= 15 is 0 Å². The minimum Gasteiger partial charge on any atom is -0.280 e. The van der Waals surface area contributed by atoms with E-state index in [0.717, 1.165) is 15.4 Å². The topological polar surface area (TPSA) is 64.0 Å². The van der Waals surface area contributed by atoms with Gasteiger partial charge in [-0.3, -0.25) is 9.40 Å². The molecular formula is C14H12BrN3O2S. The van der Waals surface area contributed by atoms with Crippen molar-refractivity contribution in [2.24, 2.45) is 7.05 Å². The van der Waals surface area contributed by atoms with Crippen LogP contribution in [-0.4, -0.2) is 18.2 Å². The van der Waals surface area contributed by atoms with Crippen LogP contribution in [0.15, 0.2) is 58.0 Å². The molecule has 108 valence electrons. The fraction of sp³-hybridized carbons (Fsp3) is 0.0714. The highest BCUT2D eigenvalue weighted by molar-refractivity contribution is 9.10. The lowest BCUT2D eigenvalue weighted by Crippen LogP contribution is -2.12. The molecule has 0 saturated carbocycles. The van der Waals surface area contributed by atoms with Gasteiger partial charge in [0.25, 0.3) is 10.0 Å². The number of sulfonamides is 1. The van der Waals surface area contributed by atoms with Gasteiger partial charge in [-0.1, -0.05) is 15.9 Å². The van der Waals surface area contributed by atoms with E-state index in [0.29, 0.717) is 5.69 Å². The van der Waals surface area contributed by atoms with E-state index in [-0.39, 0.29) is 4.90 Å². The zero-order valence-electron chi connectivity index (χ0n) is 11.1. The average molecular weight is 366 g/mol. The average Bonchev–Trinajstić information content (AvgIpc) is 2.80. The number of fused-ring (bicyclic) bond motifs is 1. The summed E-state index contributed by atoms with van der Waals surface area (Å²) in [5.41, 5.74) is 1.46. The van der Waals surface area contributed by atoms with Crippen molar-refractivity contribution in [3.05, 3.63) is 53.1 Å². The number of hydrogen-bond acceptors (Lipinski definition) is 3. The molecule has 2 aromatic carbocycles. The number of hydrogen-bond donors (Lipinski definition) is 1. The van der Waals surface area contributed by atoms with Crippen LogP contribution in [0.3, 0.4) is 0 Å². The second-order valence-electron chi connectivity index (χ2n) is 4.60. The van der Waals surface area contributed by atoms with E-state index in [1.165, 1.54) is 0 Å². The lowest BCUT2D eigenvalue weighted by Gasteiger charge is -2.08. The second kappa shape index (κ2) is 5.16. The molecule has 0 aliphatic rings. The Morgan fingerprint density at radius 2 is 1.86 bits per heavy atom. The molecular weight excluding hydrogens is 354 g/mol. The summed E-state index contributed by atoms with van der Waals surface area (Å²) in [6.07, 6.45) is 1.70. The van der Waals surface area contributed by atoms with Crippen LogP contribution >= 0.6 is 15.9 Å². The van der Waals surface area contributed by atoms with Gasteiger partial charge in [0, 0.05) is 22.6 Å². The van der Waals surface area contributed by atoms with E-state index in [1.54, 1.807) is 47.3 Å². The first-order valence-corrected chi connectivity index (χ1v) is 8.43. The van der Waals surface area contributed by atoms with Crippen molar-refractivity contribution in [2.45, 2.75) is 4.90 Å². The van der Waals surface area contributed by atoms with Crippen molar-refractivity contribution < 1.29 is 8.42 Å². The van der Waals surface area contributed by atoms with Crippen LogP contribution in [0.4, 0.5) is 5.69 Å². The highest BCUT2D eigenvalue weighted by atomic mass is 79.9. The number of aryl methyl sites for hydroxylation is 1. The molecule has 1 heterocycles. The van der Waals surface area contributed by atoms with Crippen molar-refractivity contribution in [3.63, 3.8) is 0 Å². The molecule has 3 aromatic rings. The zero-order chi connectivity index (χ0) is 15.0. The molecule has 0 aliphatic heterocycles. The number of halogens is 1. The third-order valence-corrected chi connectivity index (χ3v) is 5.05. The molecule has 0 atom stereocenters. The quantitative estimate of drug-likeness (QED) is 0.775. The number of aromatic nitrogens is 2. The summed E-state index contributed by atoms with van der Waals surface area (Å²) in [6.45, 7) is 0. The Hall–Kier alpha value is -1.86. The van der Waals surface area contributed by atoms with Crippen LogP contribution in [0.2, 0.25) is 0 Å². The lowest BCUT2D eigenvalue weighted by atomic mass is 10.2. The summed E-state index contributed by atoms with van der Waals surface area (Å²) in [5, 5.41) is 5.02. The first-order chi connectivity index (χ1) is 9.95. The third kappa shape index (κ3) is 2.79. The van der Waals surface area contributed by atoms with Gasteiger partial charge >= 0.3 is 0 Å². The predicted molar refractivity (Wildman–Crippen MR) is 85.7 cm³/mol. The summed E-state index contributed by atoms with van der Waals surface area (Å²) in [5.74, 6) is 0. The Bertz CT molecular complexity index is 902. The highest BCUT2D eigenvalue weighted by Gasteiger charge is 2.14. The van der Waals surface area contributed by atoms with Gasteiger partial charge in [-0.05, 0) is 42.5 Å². The van der Waals surface area contributed by atoms with E-state index in [2.05, 4.69) is 25.8 Å². The zero-order valence-corrected chi connectivity index (χ0v) is 13.5. The van der Waals surface area contributed by atoms with Gasteiger partial charge < -0.3 is 0 Å². The number of anilines is 1. The molecule has 3 rings (SSSR count). The fourth-order valence-electron chi connectivity index (χ4n) is 2.05. The van der Waals surface area contributed by atoms with Gasteiger partial charge in [0.05, 0.1) is 16.6 Å². The van der Waals surface area contributed by atoms with Crippen molar-refractivity contribution in [1.29, 1.82) is 0 Å². The molecule has 21 heavy (non-hydrogen) atoms. The number of nitrogens with one attached hydrogen (secondary N) is 1. The standard InChI is InChI=1S/C14H12BrN3O2S/c1-18-14-7-4-12(8-10(14)9-16-18)17-21(19,20)13-5-2-11(15)3-6-13/h2-9,17H,1H3. The summed E-state index contributed by atoms with van der Waals surface area (Å²) >= 11 is 3.28. The van der Waals surface area contributed by atoms with Crippen LogP contribution in [-0.2, 0) is 17.1 Å². The molecule has 5 nitrogen and oxygen atoms in total. The maximum absolute atomic E-state index is 12.3. The Kier molecular flexibility index (Phi) is 3.46. The molecule has 1 aromatic heterocycles. The predicted octanol–water partition coefficient (Wildman–Crippen LogP) is 3.14. The summed E-state index contributed by atoms with van der Waals surface area (Å²) < 4.78 is 29.8. The Morgan fingerprint density at radius 1 is 1.14 bits per heavy atom. The summed E-state index contributed by atoms with van der Waals surface area (Å²) in [6, 6.07) is 11.8. The normalized spacial score (nSPS) is 11.7. The van der Waals surface area contributed by atoms with Gasteiger partial charge in [-0.2, -0.15) is 5.10 Å². The first-order valence-electron chi connectivity index (χ1n) is 6.16. The van der Waals surface area contributed by atoms with Gasteiger partial charge in [-0.15, -0.1) is 0 Å². The number of nitrogens with zero attached hydrogens (tertiary/aromatic N) is 2. The Morgan fingerprint density at radius 3 is 2.57 bits per heavy atom. The third-order valence-electron chi connectivity index (χ3n) is 3.12. The fourth-order valence-corrected chi connectivity index (χ4v) is 3.37. The molecule has 7 heteroatoms. The van der Waals surface area contributed by atoms with Crippen molar-refractivity contribution in [2.75, 3.05) is 4.72 Å². The molecule has 0 unspecified atom stereocenters. The second-order valence-corrected chi connectivity index (χ2v) is 7.20. The van der Waals surface area contributed by atoms with E-state index < -0.39 is 10.0 Å². The highest BCUT2D eigenvalue weighted by Crippen LogP contribution is 2.22. The molecule has 0 spiro atoms. The molecule has 0 fully saturated rings. The minimum atomic E-state index is -3.59. The monoisotopic (exact) mass is 365 g/mol. The lowest BCUT2D eigenvalue weighted by molar-refractivity contribution is 0.601. The number of benzene rings is 2. The van der Waals surface area contributed by atoms with Crippen LogP contribution in [0.1, 0.15) is 0 Å². The van der Waals surface area contributed by atoms with Crippen molar-refractivity contribution >= 4 is 42.5 Å².